The Labute approximate surface area is 347 Å². The lowest BCUT2D eigenvalue weighted by molar-refractivity contribution is 1.07. The summed E-state index contributed by atoms with van der Waals surface area (Å²) in [6.07, 6.45) is 0. The zero-order valence-electron chi connectivity index (χ0n) is 32.0. The van der Waals surface area contributed by atoms with Gasteiger partial charge >= 0.3 is 0 Å². The van der Waals surface area contributed by atoms with E-state index in [1.54, 1.807) is 0 Å². The van der Waals surface area contributed by atoms with Crippen LogP contribution in [0.15, 0.2) is 188 Å². The van der Waals surface area contributed by atoms with Gasteiger partial charge in [0.15, 0.2) is 23.1 Å². The third-order valence-electron chi connectivity index (χ3n) is 12.0. The van der Waals surface area contributed by atoms with Crippen molar-refractivity contribution in [1.82, 2.24) is 24.3 Å². The van der Waals surface area contributed by atoms with Crippen molar-refractivity contribution < 1.29 is 0 Å². The van der Waals surface area contributed by atoms with Crippen LogP contribution < -0.4 is 0 Å². The van der Waals surface area contributed by atoms with Crippen LogP contribution in [0.3, 0.4) is 0 Å². The molecule has 9 aromatic carbocycles. The second-order valence-electron chi connectivity index (χ2n) is 15.5. The fourth-order valence-electron chi connectivity index (χ4n) is 8.94. The Morgan fingerprint density at radius 1 is 0.333 bits per heavy atom. The molecule has 0 amide bonds. The Bertz CT molecular complexity index is 3800. The molecule has 278 valence electrons. The summed E-state index contributed by atoms with van der Waals surface area (Å²) in [5.41, 5.74) is 8.01. The van der Waals surface area contributed by atoms with Crippen molar-refractivity contribution in [2.75, 3.05) is 0 Å². The fourth-order valence-corrected chi connectivity index (χ4v) is 10.2. The zero-order valence-corrected chi connectivity index (χ0v) is 32.9. The first-order valence-electron chi connectivity index (χ1n) is 20.1. The largest absolute Gasteiger partial charge is 0.291 e. The van der Waals surface area contributed by atoms with Gasteiger partial charge in [-0.1, -0.05) is 158 Å². The van der Waals surface area contributed by atoms with E-state index in [0.29, 0.717) is 17.5 Å². The molecular formula is C54H31N5S. The van der Waals surface area contributed by atoms with E-state index in [9.17, 15) is 0 Å². The summed E-state index contributed by atoms with van der Waals surface area (Å²) in [4.78, 5) is 20.8. The summed E-state index contributed by atoms with van der Waals surface area (Å²) in [7, 11) is 0. The third kappa shape index (κ3) is 5.18. The smallest absolute Gasteiger partial charge is 0.164 e. The SMILES string of the molecule is c1ccc2cc(-c3nc(-c4ccc(-c5cc6c7ccc8ccccc8c7sc6c6nc7cc8ccccc8cc7n56)cc4)nc(-c4ccc5ccccc5c4)n3)ccc2c1. The molecule has 13 aromatic rings. The third-order valence-corrected chi connectivity index (χ3v) is 13.2. The van der Waals surface area contributed by atoms with Gasteiger partial charge in [-0.05, 0) is 79.0 Å². The molecule has 6 heteroatoms. The molecule has 0 atom stereocenters. The highest BCUT2D eigenvalue weighted by Gasteiger charge is 2.20. The van der Waals surface area contributed by atoms with Crippen LogP contribution in [0.4, 0.5) is 0 Å². The van der Waals surface area contributed by atoms with E-state index in [1.807, 2.05) is 11.3 Å². The van der Waals surface area contributed by atoms with Crippen molar-refractivity contribution in [3.05, 3.63) is 188 Å². The van der Waals surface area contributed by atoms with Crippen LogP contribution >= 0.6 is 11.3 Å². The standard InChI is InChI=1S/C54H31N5S/c1-3-12-37-27-41(23-17-32(37)9-1)52-56-51(57-53(58-52)42-24-18-33-10-2-4-13-38(33)28-42)36-21-19-35(20-22-36)47-31-45-44-26-25-34-11-7-8-16-43(34)49(44)60-50(45)54-55-46-29-39-14-5-6-15-40(39)30-48(46)59(47)54/h1-31H. The molecule has 5 nitrogen and oxygen atoms in total. The van der Waals surface area contributed by atoms with E-state index in [1.165, 1.54) is 52.5 Å². The second kappa shape index (κ2) is 12.9. The second-order valence-corrected chi connectivity index (χ2v) is 16.5. The van der Waals surface area contributed by atoms with Gasteiger partial charge in [-0.3, -0.25) is 4.40 Å². The number of benzene rings is 9. The highest BCUT2D eigenvalue weighted by molar-refractivity contribution is 7.27. The Balaban J connectivity index is 1.01. The van der Waals surface area contributed by atoms with E-state index in [0.717, 1.165) is 55.4 Å². The average molecular weight is 782 g/mol. The van der Waals surface area contributed by atoms with Crippen LogP contribution in [0.1, 0.15) is 0 Å². The van der Waals surface area contributed by atoms with Crippen LogP contribution in [0, 0.1) is 0 Å². The van der Waals surface area contributed by atoms with Crippen LogP contribution in [0.2, 0.25) is 0 Å². The van der Waals surface area contributed by atoms with Crippen molar-refractivity contribution in [1.29, 1.82) is 0 Å². The summed E-state index contributed by atoms with van der Waals surface area (Å²) >= 11 is 1.84. The number of thiophene rings is 1. The highest BCUT2D eigenvalue weighted by atomic mass is 32.1. The van der Waals surface area contributed by atoms with E-state index in [4.69, 9.17) is 19.9 Å². The zero-order chi connectivity index (χ0) is 39.3. The average Bonchev–Trinajstić information content (AvgIpc) is 3.89. The molecule has 0 spiro atoms. The van der Waals surface area contributed by atoms with Crippen molar-refractivity contribution in [2.24, 2.45) is 0 Å². The van der Waals surface area contributed by atoms with Gasteiger partial charge in [0.05, 0.1) is 21.4 Å². The first-order chi connectivity index (χ1) is 29.7. The molecule has 0 N–H and O–H groups in total. The predicted molar refractivity (Wildman–Crippen MR) is 251 cm³/mol. The molecule has 4 heterocycles. The van der Waals surface area contributed by atoms with E-state index < -0.39 is 0 Å². The quantitative estimate of drug-likeness (QED) is 0.178. The first-order valence-corrected chi connectivity index (χ1v) is 20.9. The summed E-state index contributed by atoms with van der Waals surface area (Å²) in [6.45, 7) is 0. The summed E-state index contributed by atoms with van der Waals surface area (Å²) in [5, 5.41) is 12.0. The maximum atomic E-state index is 5.38. The summed E-state index contributed by atoms with van der Waals surface area (Å²) < 4.78 is 4.83. The van der Waals surface area contributed by atoms with Crippen LogP contribution in [-0.4, -0.2) is 24.3 Å². The molecule has 13 rings (SSSR count). The van der Waals surface area contributed by atoms with Gasteiger partial charge in [0, 0.05) is 32.2 Å². The van der Waals surface area contributed by atoms with E-state index >= 15 is 0 Å². The minimum absolute atomic E-state index is 0.624. The van der Waals surface area contributed by atoms with Gasteiger partial charge in [-0.15, -0.1) is 11.3 Å². The maximum Gasteiger partial charge on any atom is 0.164 e. The number of rotatable bonds is 4. The van der Waals surface area contributed by atoms with Crippen molar-refractivity contribution in [2.45, 2.75) is 0 Å². The molecule has 60 heavy (non-hydrogen) atoms. The number of pyridine rings is 1. The molecule has 0 unspecified atom stereocenters. The van der Waals surface area contributed by atoms with Crippen LogP contribution in [0.25, 0.3) is 125 Å². The number of imidazole rings is 1. The highest BCUT2D eigenvalue weighted by Crippen LogP contribution is 2.43. The monoisotopic (exact) mass is 781 g/mol. The molecule has 0 aliphatic heterocycles. The predicted octanol–water partition coefficient (Wildman–Crippen LogP) is 14.3. The number of nitrogens with zero attached hydrogens (tertiary/aromatic N) is 5. The van der Waals surface area contributed by atoms with Gasteiger partial charge in [0.2, 0.25) is 0 Å². The van der Waals surface area contributed by atoms with Crippen molar-refractivity contribution in [3.63, 3.8) is 0 Å². The minimum atomic E-state index is 0.624. The van der Waals surface area contributed by atoms with E-state index in [-0.39, 0.29) is 0 Å². The molecule has 0 fully saturated rings. The van der Waals surface area contributed by atoms with Gasteiger partial charge in [0.25, 0.3) is 0 Å². The Hall–Kier alpha value is -7.80. The molecule has 0 aliphatic carbocycles. The van der Waals surface area contributed by atoms with Crippen LogP contribution in [-0.2, 0) is 0 Å². The Kier molecular flexibility index (Phi) is 7.11. The number of aromatic nitrogens is 5. The van der Waals surface area contributed by atoms with Gasteiger partial charge in [-0.2, -0.15) is 0 Å². The molecule has 0 radical (unpaired) electrons. The number of fused-ring (bicyclic) bond motifs is 12. The summed E-state index contributed by atoms with van der Waals surface area (Å²) in [5.74, 6) is 1.90. The first kappa shape index (κ1) is 33.2. The lowest BCUT2D eigenvalue weighted by Crippen LogP contribution is -2.00. The minimum Gasteiger partial charge on any atom is -0.291 e. The normalized spacial score (nSPS) is 12.0. The van der Waals surface area contributed by atoms with E-state index in [2.05, 4.69) is 192 Å². The lowest BCUT2D eigenvalue weighted by atomic mass is 10.0. The Morgan fingerprint density at radius 3 is 1.48 bits per heavy atom. The lowest BCUT2D eigenvalue weighted by Gasteiger charge is -2.12. The fraction of sp³-hybridized carbons (Fsp3) is 0. The maximum absolute atomic E-state index is 5.38. The van der Waals surface area contributed by atoms with Gasteiger partial charge in [0.1, 0.15) is 0 Å². The van der Waals surface area contributed by atoms with Gasteiger partial charge < -0.3 is 0 Å². The molecule has 0 saturated carbocycles. The van der Waals surface area contributed by atoms with Crippen molar-refractivity contribution in [3.8, 4) is 45.4 Å². The molecule has 0 bridgehead atoms. The number of hydrogen-bond acceptors (Lipinski definition) is 5. The van der Waals surface area contributed by atoms with Gasteiger partial charge in [-0.25, -0.2) is 19.9 Å². The molecule has 0 saturated heterocycles. The summed E-state index contributed by atoms with van der Waals surface area (Å²) in [6, 6.07) is 66.9. The number of hydrogen-bond donors (Lipinski definition) is 0. The molecular weight excluding hydrogens is 751 g/mol. The van der Waals surface area contributed by atoms with Crippen molar-refractivity contribution >= 4 is 91.3 Å². The molecule has 4 aromatic heterocycles. The molecule has 0 aliphatic rings. The topological polar surface area (TPSA) is 56.0 Å². The Morgan fingerprint density at radius 2 is 0.833 bits per heavy atom. The van der Waals surface area contributed by atoms with Crippen LogP contribution in [0.5, 0.6) is 0 Å².